The van der Waals surface area contributed by atoms with Crippen LogP contribution in [0.25, 0.3) is 0 Å². The lowest BCUT2D eigenvalue weighted by Gasteiger charge is -2.24. The molecule has 0 aliphatic carbocycles. The molecule has 0 saturated heterocycles. The fraction of sp³-hybridized carbons (Fsp3) is 0.138. The Bertz CT molecular complexity index is 1900. The second-order valence-corrected chi connectivity index (χ2v) is 12.8. The normalized spacial score (nSPS) is 11.9. The van der Waals surface area contributed by atoms with Gasteiger partial charge in [0.05, 0.1) is 35.3 Å². The molecule has 4 rings (SSSR count). The smallest absolute Gasteiger partial charge is 0.416 e. The van der Waals surface area contributed by atoms with Gasteiger partial charge in [-0.3, -0.25) is 13.8 Å². The fourth-order valence-corrected chi connectivity index (χ4v) is 6.53. The minimum Gasteiger partial charge on any atom is -0.493 e. The first-order valence-electron chi connectivity index (χ1n) is 12.7. The first kappa shape index (κ1) is 33.1. The number of nitrogens with one attached hydrogen (secondary N) is 2. The highest BCUT2D eigenvalue weighted by molar-refractivity contribution is 7.93. The van der Waals surface area contributed by atoms with Gasteiger partial charge in [0.2, 0.25) is 5.91 Å². The number of methoxy groups -OCH3 is 2. The van der Waals surface area contributed by atoms with Gasteiger partial charge >= 0.3 is 6.18 Å². The summed E-state index contributed by atoms with van der Waals surface area (Å²) in [6.45, 7) is -0.764. The lowest BCUT2D eigenvalue weighted by Crippen LogP contribution is -2.38. The van der Waals surface area contributed by atoms with Crippen molar-refractivity contribution in [2.75, 3.05) is 35.1 Å². The maximum Gasteiger partial charge on any atom is 0.416 e. The first-order chi connectivity index (χ1) is 21.1. The number of carbonyl (C=O) groups excluding carboxylic acids is 1. The highest BCUT2D eigenvalue weighted by Crippen LogP contribution is 2.33. The van der Waals surface area contributed by atoms with Crippen molar-refractivity contribution in [2.24, 2.45) is 0 Å². The fourth-order valence-electron chi connectivity index (χ4n) is 4.05. The summed E-state index contributed by atoms with van der Waals surface area (Å²) in [6.07, 6.45) is -4.67. The molecule has 4 aromatic rings. The van der Waals surface area contributed by atoms with Gasteiger partial charge in [0.15, 0.2) is 11.5 Å². The van der Waals surface area contributed by atoms with E-state index < -0.39 is 50.1 Å². The Morgan fingerprint density at radius 3 is 2.00 bits per heavy atom. The summed E-state index contributed by atoms with van der Waals surface area (Å²) >= 11 is 0. The predicted octanol–water partition coefficient (Wildman–Crippen LogP) is 5.50. The number of anilines is 3. The maximum atomic E-state index is 13.7. The molecule has 0 aliphatic heterocycles. The van der Waals surface area contributed by atoms with Crippen molar-refractivity contribution < 1.29 is 48.7 Å². The van der Waals surface area contributed by atoms with Gasteiger partial charge in [-0.25, -0.2) is 21.2 Å². The van der Waals surface area contributed by atoms with Crippen LogP contribution in [-0.2, 0) is 31.0 Å². The van der Waals surface area contributed by atoms with E-state index in [4.69, 9.17) is 9.47 Å². The average Bonchev–Trinajstić information content (AvgIpc) is 2.99. The zero-order valence-electron chi connectivity index (χ0n) is 23.5. The predicted molar refractivity (Wildman–Crippen MR) is 158 cm³/mol. The molecule has 0 aliphatic rings. The zero-order valence-corrected chi connectivity index (χ0v) is 25.1. The van der Waals surface area contributed by atoms with Crippen LogP contribution in [0.1, 0.15) is 5.56 Å². The number of rotatable bonds is 11. The second kappa shape index (κ2) is 13.0. The minimum atomic E-state index is -4.67. The maximum absolute atomic E-state index is 13.7. The Hall–Kier alpha value is -4.83. The number of benzene rings is 4. The Morgan fingerprint density at radius 1 is 0.778 bits per heavy atom. The monoisotopic (exact) mass is 667 g/mol. The Balaban J connectivity index is 1.54. The molecule has 0 spiro atoms. The largest absolute Gasteiger partial charge is 0.493 e. The minimum absolute atomic E-state index is 0.0246. The van der Waals surface area contributed by atoms with E-state index in [9.17, 15) is 39.2 Å². The van der Waals surface area contributed by atoms with Crippen molar-refractivity contribution in [1.82, 2.24) is 0 Å². The number of sulfonamides is 2. The highest BCUT2D eigenvalue weighted by atomic mass is 32.2. The summed E-state index contributed by atoms with van der Waals surface area (Å²) in [6, 6.07) is 16.5. The van der Waals surface area contributed by atoms with E-state index in [-0.39, 0.29) is 38.4 Å². The third kappa shape index (κ3) is 7.82. The van der Waals surface area contributed by atoms with Gasteiger partial charge < -0.3 is 14.8 Å². The van der Waals surface area contributed by atoms with E-state index >= 15 is 0 Å². The van der Waals surface area contributed by atoms with Crippen LogP contribution < -0.4 is 23.8 Å². The molecule has 1 amide bonds. The van der Waals surface area contributed by atoms with E-state index in [0.717, 1.165) is 46.8 Å². The summed E-state index contributed by atoms with van der Waals surface area (Å²) in [4.78, 5) is 12.5. The quantitative estimate of drug-likeness (QED) is 0.202. The molecular weight excluding hydrogens is 642 g/mol. The number of carbonyl (C=O) groups is 1. The van der Waals surface area contributed by atoms with Gasteiger partial charge in [0.25, 0.3) is 20.0 Å². The van der Waals surface area contributed by atoms with E-state index in [1.807, 2.05) is 0 Å². The number of alkyl halides is 3. The topological polar surface area (TPSA) is 131 Å². The number of hydrogen-bond donors (Lipinski definition) is 2. The van der Waals surface area contributed by atoms with Gasteiger partial charge in [-0.15, -0.1) is 0 Å². The molecule has 0 unspecified atom stereocenters. The Labute approximate surface area is 256 Å². The van der Waals surface area contributed by atoms with Crippen molar-refractivity contribution in [3.8, 4) is 11.5 Å². The van der Waals surface area contributed by atoms with Crippen LogP contribution >= 0.6 is 0 Å². The zero-order chi connectivity index (χ0) is 33.0. The molecule has 10 nitrogen and oxygen atoms in total. The molecule has 0 fully saturated rings. The molecule has 238 valence electrons. The third-order valence-electron chi connectivity index (χ3n) is 6.24. The van der Waals surface area contributed by atoms with E-state index in [1.165, 1.54) is 56.7 Å². The van der Waals surface area contributed by atoms with Crippen molar-refractivity contribution in [1.29, 1.82) is 0 Å². The standard InChI is InChI=1S/C29H25F4N3O7S2/c1-42-26-15-14-25(17-27(26)43-2)45(40,41)36(23-10-6-20(30)7-11-23)18-28(37)34-21-8-12-24(13-9-21)44(38,39)35-22-5-3-4-19(16-22)29(31,32)33/h3-17,35H,18H2,1-2H3,(H,34,37). The summed E-state index contributed by atoms with van der Waals surface area (Å²) in [5.74, 6) is -1.09. The van der Waals surface area contributed by atoms with Gasteiger partial charge in [-0.1, -0.05) is 6.07 Å². The second-order valence-electron chi connectivity index (χ2n) is 9.26. The molecule has 45 heavy (non-hydrogen) atoms. The van der Waals surface area contributed by atoms with Crippen LogP contribution in [0.3, 0.4) is 0 Å². The molecule has 0 radical (unpaired) electrons. The van der Waals surface area contributed by atoms with Crippen LogP contribution in [0.15, 0.2) is 101 Å². The molecular formula is C29H25F4N3O7S2. The summed E-state index contributed by atoms with van der Waals surface area (Å²) in [5, 5.41) is 2.47. The van der Waals surface area contributed by atoms with Crippen molar-refractivity contribution in [3.63, 3.8) is 0 Å². The van der Waals surface area contributed by atoms with Crippen molar-refractivity contribution in [3.05, 3.63) is 102 Å². The molecule has 0 bridgehead atoms. The number of ether oxygens (including phenoxy) is 2. The molecule has 0 atom stereocenters. The highest BCUT2D eigenvalue weighted by Gasteiger charge is 2.31. The van der Waals surface area contributed by atoms with Gasteiger partial charge in [0.1, 0.15) is 12.4 Å². The SMILES string of the molecule is COc1ccc(S(=O)(=O)N(CC(=O)Nc2ccc(S(=O)(=O)Nc3cccc(C(F)(F)F)c3)cc2)c2ccc(F)cc2)cc1OC. The van der Waals surface area contributed by atoms with Crippen LogP contribution in [0, 0.1) is 5.82 Å². The molecule has 2 N–H and O–H groups in total. The molecule has 0 aromatic heterocycles. The molecule has 0 saturated carbocycles. The lowest BCUT2D eigenvalue weighted by molar-refractivity contribution is -0.137. The third-order valence-corrected chi connectivity index (χ3v) is 9.40. The van der Waals surface area contributed by atoms with E-state index in [0.29, 0.717) is 6.07 Å². The summed E-state index contributed by atoms with van der Waals surface area (Å²) < 4.78 is 119. The van der Waals surface area contributed by atoms with Crippen LogP contribution in [-0.4, -0.2) is 43.5 Å². The number of hydrogen-bond acceptors (Lipinski definition) is 7. The summed E-state index contributed by atoms with van der Waals surface area (Å²) in [7, 11) is -6.04. The van der Waals surface area contributed by atoms with Gasteiger partial charge in [-0.2, -0.15) is 13.2 Å². The Kier molecular flexibility index (Phi) is 9.58. The number of nitrogens with zero attached hydrogens (tertiary/aromatic N) is 1. The number of halogens is 4. The van der Waals surface area contributed by atoms with Gasteiger partial charge in [0, 0.05) is 17.4 Å². The average molecular weight is 668 g/mol. The molecule has 0 heterocycles. The van der Waals surface area contributed by atoms with Crippen molar-refractivity contribution >= 4 is 43.0 Å². The van der Waals surface area contributed by atoms with Crippen LogP contribution in [0.4, 0.5) is 34.6 Å². The molecule has 4 aromatic carbocycles. The van der Waals surface area contributed by atoms with Crippen LogP contribution in [0.2, 0.25) is 0 Å². The Morgan fingerprint density at radius 2 is 1.40 bits per heavy atom. The number of amides is 1. The van der Waals surface area contributed by atoms with Crippen LogP contribution in [0.5, 0.6) is 11.5 Å². The molecule has 16 heteroatoms. The van der Waals surface area contributed by atoms with E-state index in [2.05, 4.69) is 10.0 Å². The lowest BCUT2D eigenvalue weighted by atomic mass is 10.2. The van der Waals surface area contributed by atoms with Crippen molar-refractivity contribution in [2.45, 2.75) is 16.0 Å². The first-order valence-corrected chi connectivity index (χ1v) is 15.7. The summed E-state index contributed by atoms with van der Waals surface area (Å²) in [5.41, 5.74) is -1.29. The van der Waals surface area contributed by atoms with Gasteiger partial charge in [-0.05, 0) is 78.9 Å². The van der Waals surface area contributed by atoms with E-state index in [1.54, 1.807) is 0 Å².